The summed E-state index contributed by atoms with van der Waals surface area (Å²) in [7, 11) is -2.07. The molecule has 0 saturated heterocycles. The molecule has 1 aliphatic carbocycles. The zero-order chi connectivity index (χ0) is 56.3. The summed E-state index contributed by atoms with van der Waals surface area (Å²) in [4.78, 5) is 93.7. The number of carbonyl (C=O) groups excluding carboxylic acids is 5. The monoisotopic (exact) mass is 1140 g/mol. The number of hydrogen-bond acceptors (Lipinski definition) is 12. The number of para-hydroxylation sites is 3. The maximum atomic E-state index is 14.7. The van der Waals surface area contributed by atoms with Crippen LogP contribution < -0.4 is 39.3 Å². The number of benzene rings is 3. The standard InChI is InChI=1S/C19H15FN2O4.C15H22ClNO2.C11H11Cl2NO2.C3H8NO5P.C3H9S/c1-2-7-21-15-9-14(13(20)8-16(15)26-10-17(21)23)22-18(24)11-5-3-4-6-12(11)19(22)25;1-5-13-8-6-7-11(2)15(13)17(14(18)9-16)12(3)10-19-4;1-7-6-16-9-5-3-2-4-8(9)14(7)11(15)10(12)13;5-3(6)1-4-2-10(7,8)9;1-4(2)3/h1,8-9H,3-7,10H2;6-8,12H,5,9-10H2,1-4H3;2-5,7,10H,6H2,1H3;4H,1-2H2,(H,5,6)(H2,7,8,9);1-3H3/q;;;;+1/p-1. The summed E-state index contributed by atoms with van der Waals surface area (Å²) in [5.74, 6) is -0.507. The van der Waals surface area contributed by atoms with Gasteiger partial charge in [-0.2, -0.15) is 0 Å². The molecule has 3 aliphatic heterocycles. The van der Waals surface area contributed by atoms with Crippen LogP contribution in [-0.4, -0.2) is 133 Å². The number of nitrogens with zero attached hydrogens (tertiary/aromatic N) is 4. The Hall–Kier alpha value is -5.20. The largest absolute Gasteiger partial charge is 0.778 e. The Morgan fingerprint density at radius 1 is 1.01 bits per heavy atom. The molecule has 75 heavy (non-hydrogen) atoms. The Bertz CT molecular complexity index is 2620. The molecular weight excluding hydrogens is 1080 g/mol. The number of methoxy groups -OCH3 is 1. The van der Waals surface area contributed by atoms with Gasteiger partial charge in [-0.05, 0) is 93.1 Å². The highest BCUT2D eigenvalue weighted by atomic mass is 35.5. The van der Waals surface area contributed by atoms with Crippen molar-refractivity contribution in [1.29, 1.82) is 0 Å². The number of aryl methyl sites for hydroxylation is 2. The fourth-order valence-electron chi connectivity index (χ4n) is 7.97. The number of alkyl halides is 3. The molecule has 0 aromatic heterocycles. The van der Waals surface area contributed by atoms with E-state index in [1.165, 1.54) is 11.0 Å². The molecule has 7 rings (SSSR count). The number of nitrogens with one attached hydrogen (secondary N) is 1. The summed E-state index contributed by atoms with van der Waals surface area (Å²) in [6.45, 7) is 8.16. The van der Waals surface area contributed by atoms with Gasteiger partial charge in [0.1, 0.15) is 31.6 Å². The highest BCUT2D eigenvalue weighted by Gasteiger charge is 2.42. The molecule has 3 atom stereocenters. The van der Waals surface area contributed by atoms with Gasteiger partial charge in [-0.3, -0.25) is 39.0 Å². The number of ether oxygens (including phenoxy) is 3. The first-order valence-corrected chi connectivity index (χ1v) is 29.0. The van der Waals surface area contributed by atoms with E-state index >= 15 is 0 Å². The molecule has 24 heteroatoms. The Morgan fingerprint density at radius 2 is 1.63 bits per heavy atom. The molecule has 3 aromatic carbocycles. The number of carbonyl (C=O) groups is 6. The molecule has 3 unspecified atom stereocenters. The number of hydrogen-bond donors (Lipinski definition) is 3. The van der Waals surface area contributed by atoms with Gasteiger partial charge < -0.3 is 43.5 Å². The zero-order valence-electron chi connectivity index (χ0n) is 43.0. The Labute approximate surface area is 455 Å². The van der Waals surface area contributed by atoms with Crippen LogP contribution in [0.3, 0.4) is 0 Å². The third-order valence-electron chi connectivity index (χ3n) is 11.1. The lowest BCUT2D eigenvalue weighted by atomic mass is 9.93. The summed E-state index contributed by atoms with van der Waals surface area (Å²) >= 11 is 17.0. The lowest BCUT2D eigenvalue weighted by molar-refractivity contribution is -0.193. The molecule has 18 nitrogen and oxygen atoms in total. The SMILES string of the molecule is C#CCN1C(=O)COc2cc(F)c(N3C(=O)C4=C(CCCC4)C3=O)cc21.CC1COc2ccccc2N1C(=O)C(Cl)Cl.CCc1cccc(C)c1N(C(=O)CCl)C(C)COC.C[S+](C)C.O=C(O)CNCP(=O)([O-])O. The summed E-state index contributed by atoms with van der Waals surface area (Å²) in [5.41, 5.74) is 4.92. The first kappa shape index (κ1) is 64.1. The first-order valence-electron chi connectivity index (χ1n) is 23.4. The van der Waals surface area contributed by atoms with Gasteiger partial charge in [0.15, 0.2) is 17.3 Å². The number of halogens is 4. The van der Waals surface area contributed by atoms with E-state index in [2.05, 4.69) is 37.7 Å². The number of amides is 5. The van der Waals surface area contributed by atoms with Gasteiger partial charge in [-0.25, -0.2) is 9.29 Å². The molecule has 0 radical (unpaired) electrons. The topological polar surface area (TPSA) is 236 Å². The van der Waals surface area contributed by atoms with E-state index in [1.807, 2.05) is 62.5 Å². The minimum Gasteiger partial charge on any atom is -0.778 e. The minimum atomic E-state index is -4.35. The zero-order valence-corrected chi connectivity index (χ0v) is 47.0. The Balaban J connectivity index is 0.000000269. The molecule has 0 spiro atoms. The summed E-state index contributed by atoms with van der Waals surface area (Å²) < 4.78 is 40.6. The van der Waals surface area contributed by atoms with E-state index in [-0.39, 0.29) is 66.0 Å². The van der Waals surface area contributed by atoms with Crippen molar-refractivity contribution >= 4 is 112 Å². The number of carboxylic acids is 1. The van der Waals surface area contributed by atoms with Crippen molar-refractivity contribution in [1.82, 2.24) is 5.32 Å². The van der Waals surface area contributed by atoms with Crippen LogP contribution in [-0.2, 0) is 55.4 Å². The van der Waals surface area contributed by atoms with Crippen LogP contribution in [0.4, 0.5) is 27.1 Å². The van der Waals surface area contributed by atoms with E-state index in [0.29, 0.717) is 53.8 Å². The Morgan fingerprint density at radius 3 is 2.16 bits per heavy atom. The van der Waals surface area contributed by atoms with Gasteiger partial charge in [0.2, 0.25) is 5.91 Å². The molecule has 3 aromatic rings. The third kappa shape index (κ3) is 18.2. The first-order chi connectivity index (χ1) is 35.3. The van der Waals surface area contributed by atoms with Crippen LogP contribution in [0.5, 0.6) is 11.5 Å². The second-order valence-electron chi connectivity index (χ2n) is 17.5. The van der Waals surface area contributed by atoms with Crippen LogP contribution in [0, 0.1) is 25.1 Å². The smallest absolute Gasteiger partial charge is 0.317 e. The predicted molar refractivity (Wildman–Crippen MR) is 291 cm³/mol. The van der Waals surface area contributed by atoms with Crippen LogP contribution in [0.2, 0.25) is 0 Å². The number of carboxylic acid groups (broad SMARTS) is 1. The van der Waals surface area contributed by atoms with Gasteiger partial charge in [0.05, 0.1) is 79.6 Å². The molecule has 3 N–H and O–H groups in total. The quantitative estimate of drug-likeness (QED) is 0.0556. The molecule has 0 fully saturated rings. The van der Waals surface area contributed by atoms with Crippen LogP contribution in [0.25, 0.3) is 0 Å². The number of rotatable bonds is 13. The van der Waals surface area contributed by atoms with E-state index < -0.39 is 48.9 Å². The fourth-order valence-corrected chi connectivity index (χ4v) is 8.71. The number of anilines is 4. The fraction of sp³-hybridized carbons (Fsp3) is 0.451. The number of imide groups is 1. The average molecular weight is 1140 g/mol. The van der Waals surface area contributed by atoms with Gasteiger partial charge in [-0.1, -0.05) is 66.4 Å². The minimum absolute atomic E-state index is 0.0170. The van der Waals surface area contributed by atoms with Crippen molar-refractivity contribution in [3.8, 4) is 23.8 Å². The van der Waals surface area contributed by atoms with Crippen molar-refractivity contribution in [2.45, 2.75) is 76.7 Å². The van der Waals surface area contributed by atoms with Crippen molar-refractivity contribution < 1.29 is 66.8 Å². The Kier molecular flexibility index (Phi) is 26.1. The van der Waals surface area contributed by atoms with Crippen molar-refractivity contribution in [2.24, 2.45) is 0 Å². The van der Waals surface area contributed by atoms with Crippen molar-refractivity contribution in [3.63, 3.8) is 0 Å². The number of aliphatic carboxylic acids is 1. The number of fused-ring (bicyclic) bond motifs is 2. The molecular formula is C51H64Cl3FN5O13PS. The van der Waals surface area contributed by atoms with Gasteiger partial charge in [0.25, 0.3) is 23.6 Å². The van der Waals surface area contributed by atoms with Crippen molar-refractivity contribution in [3.05, 3.63) is 82.7 Å². The maximum Gasteiger partial charge on any atom is 0.317 e. The second kappa shape index (κ2) is 30.5. The van der Waals surface area contributed by atoms with Crippen molar-refractivity contribution in [2.75, 3.05) is 90.6 Å². The lowest BCUT2D eigenvalue weighted by Gasteiger charge is -2.35. The molecule has 410 valence electrons. The molecule has 0 bridgehead atoms. The average Bonchev–Trinajstić information content (AvgIpc) is 3.60. The number of terminal acetylenes is 1. The third-order valence-corrected chi connectivity index (χ3v) is 12.3. The molecule has 3 heterocycles. The molecule has 5 amide bonds. The van der Waals surface area contributed by atoms with E-state index in [1.54, 1.807) is 16.9 Å². The highest BCUT2D eigenvalue weighted by Crippen LogP contribution is 2.42. The van der Waals surface area contributed by atoms with Crippen LogP contribution in [0.1, 0.15) is 57.6 Å². The second-order valence-corrected chi connectivity index (χ2v) is 22.9. The van der Waals surface area contributed by atoms with Crippen LogP contribution in [0.15, 0.2) is 65.7 Å². The van der Waals surface area contributed by atoms with Gasteiger partial charge >= 0.3 is 5.97 Å². The normalized spacial score (nSPS) is 16.5. The van der Waals surface area contributed by atoms with E-state index in [9.17, 15) is 42.6 Å². The highest BCUT2D eigenvalue weighted by molar-refractivity contribution is 7.94. The van der Waals surface area contributed by atoms with E-state index in [4.69, 9.17) is 65.4 Å². The van der Waals surface area contributed by atoms with Gasteiger partial charge in [-0.15, -0.1) is 18.0 Å². The predicted octanol–water partition coefficient (Wildman–Crippen LogP) is 6.35. The molecule has 0 saturated carbocycles. The van der Waals surface area contributed by atoms with E-state index in [0.717, 1.165) is 52.7 Å². The van der Waals surface area contributed by atoms with Crippen LogP contribution >= 0.6 is 42.4 Å². The summed E-state index contributed by atoms with van der Waals surface area (Å²) in [6.07, 6.45) is 14.8. The summed E-state index contributed by atoms with van der Waals surface area (Å²) in [5, 5.41) is 9.97. The van der Waals surface area contributed by atoms with Gasteiger partial charge in [0, 0.05) is 24.3 Å². The summed E-state index contributed by atoms with van der Waals surface area (Å²) in [6, 6.07) is 15.7. The maximum absolute atomic E-state index is 14.7. The lowest BCUT2D eigenvalue weighted by Crippen LogP contribution is -2.47. The molecule has 4 aliphatic rings.